The van der Waals surface area contributed by atoms with Crippen molar-refractivity contribution >= 4 is 28.6 Å². The van der Waals surface area contributed by atoms with Crippen molar-refractivity contribution in [1.29, 1.82) is 0 Å². The molecule has 20 heavy (non-hydrogen) atoms. The number of alkyl halides is 1. The topological polar surface area (TPSA) is 26.3 Å². The lowest BCUT2D eigenvalue weighted by atomic mass is 10.1. The van der Waals surface area contributed by atoms with Crippen molar-refractivity contribution in [3.63, 3.8) is 0 Å². The molecule has 0 saturated carbocycles. The Morgan fingerprint density at radius 3 is 2.20 bits per heavy atom. The average Bonchev–Trinajstić information content (AvgIpc) is 2.36. The molecule has 0 rings (SSSR count). The minimum absolute atomic E-state index is 0.218. The highest BCUT2D eigenvalue weighted by molar-refractivity contribution is 14.1. The summed E-state index contributed by atoms with van der Waals surface area (Å²) in [7, 11) is 0. The number of ether oxygens (including phenoxy) is 1. The molecule has 0 N–H and O–H groups in total. The van der Waals surface area contributed by atoms with Crippen LogP contribution in [-0.4, -0.2) is 17.0 Å². The van der Waals surface area contributed by atoms with Crippen LogP contribution >= 0.6 is 22.6 Å². The normalized spacial score (nSPS) is 12.2. The van der Waals surface area contributed by atoms with Gasteiger partial charge in [0.05, 0.1) is 0 Å². The summed E-state index contributed by atoms with van der Waals surface area (Å²) >= 11 is 2.36. The van der Waals surface area contributed by atoms with Crippen LogP contribution in [0.15, 0.2) is 34.9 Å². The third kappa shape index (κ3) is 12.5. The maximum Gasteiger partial charge on any atom is 0.302 e. The summed E-state index contributed by atoms with van der Waals surface area (Å²) in [6.45, 7) is 8.32. The van der Waals surface area contributed by atoms with E-state index in [1.807, 2.05) is 6.08 Å². The maximum absolute atomic E-state index is 10.7. The van der Waals surface area contributed by atoms with Crippen molar-refractivity contribution in [2.75, 3.05) is 11.0 Å². The van der Waals surface area contributed by atoms with Crippen molar-refractivity contribution in [2.45, 2.75) is 53.4 Å². The van der Waals surface area contributed by atoms with Crippen LogP contribution in [0.3, 0.4) is 0 Å². The fraction of sp³-hybridized carbons (Fsp3) is 0.588. The van der Waals surface area contributed by atoms with Gasteiger partial charge in [-0.05, 0) is 52.5 Å². The molecular weight excluding hydrogens is 363 g/mol. The minimum atomic E-state index is -0.218. The lowest BCUT2D eigenvalue weighted by Crippen LogP contribution is -1.99. The molecule has 0 aromatic rings. The first kappa shape index (κ1) is 19.4. The van der Waals surface area contributed by atoms with Crippen LogP contribution in [0, 0.1) is 0 Å². The summed E-state index contributed by atoms with van der Waals surface area (Å²) in [5.74, 6) is -0.218. The van der Waals surface area contributed by atoms with E-state index in [1.165, 1.54) is 23.6 Å². The molecule has 0 heterocycles. The first-order valence-corrected chi connectivity index (χ1v) is 8.64. The van der Waals surface area contributed by atoms with Gasteiger partial charge in [0, 0.05) is 11.4 Å². The molecule has 114 valence electrons. The monoisotopic (exact) mass is 390 g/mol. The first-order chi connectivity index (χ1) is 9.45. The van der Waals surface area contributed by atoms with E-state index in [2.05, 4.69) is 55.5 Å². The van der Waals surface area contributed by atoms with E-state index in [0.717, 1.165) is 30.1 Å². The van der Waals surface area contributed by atoms with Gasteiger partial charge in [-0.15, -0.1) is 0 Å². The van der Waals surface area contributed by atoms with E-state index in [-0.39, 0.29) is 5.97 Å². The van der Waals surface area contributed by atoms with Crippen molar-refractivity contribution < 1.29 is 9.53 Å². The Hall–Kier alpha value is -0.580. The Morgan fingerprint density at radius 1 is 1.00 bits per heavy atom. The second-order valence-corrected chi connectivity index (χ2v) is 5.97. The molecular formula is C17H27IO2. The summed E-state index contributed by atoms with van der Waals surface area (Å²) in [5.41, 5.74) is 4.19. The predicted molar refractivity (Wildman–Crippen MR) is 95.3 cm³/mol. The molecule has 0 aliphatic rings. The number of esters is 1. The van der Waals surface area contributed by atoms with Gasteiger partial charge < -0.3 is 4.74 Å². The zero-order chi connectivity index (χ0) is 15.4. The number of halogens is 1. The summed E-state index contributed by atoms with van der Waals surface area (Å²) in [6.07, 6.45) is 11.0. The van der Waals surface area contributed by atoms with E-state index >= 15 is 0 Å². The van der Waals surface area contributed by atoms with Gasteiger partial charge in [0.1, 0.15) is 6.61 Å². The molecule has 0 aliphatic heterocycles. The number of hydrogen-bond donors (Lipinski definition) is 0. The van der Waals surface area contributed by atoms with E-state index < -0.39 is 0 Å². The minimum Gasteiger partial charge on any atom is -0.462 e. The van der Waals surface area contributed by atoms with E-state index in [9.17, 15) is 4.79 Å². The maximum atomic E-state index is 10.7. The standard InChI is InChI=1S/C17H27IO2/c1-14(2)7-5-8-15(3)9-6-10-17(13-18)11-12-20-16(4)19/h7,9,11H,5-6,8,10,12-13H2,1-4H3/b15-9+,17-11-. The van der Waals surface area contributed by atoms with Crippen molar-refractivity contribution in [3.05, 3.63) is 34.9 Å². The van der Waals surface area contributed by atoms with E-state index in [4.69, 9.17) is 4.74 Å². The second kappa shape index (κ2) is 12.2. The quantitative estimate of drug-likeness (QED) is 0.229. The summed E-state index contributed by atoms with van der Waals surface area (Å²) < 4.78 is 5.93. The van der Waals surface area contributed by atoms with Crippen LogP contribution in [0.1, 0.15) is 53.4 Å². The Labute approximate surface area is 137 Å². The Kier molecular flexibility index (Phi) is 11.8. The zero-order valence-electron chi connectivity index (χ0n) is 13.2. The number of allylic oxidation sites excluding steroid dienone is 5. The molecule has 3 heteroatoms. The average molecular weight is 390 g/mol. The number of rotatable bonds is 9. The number of carbonyl (C=O) groups excluding carboxylic acids is 1. The fourth-order valence-electron chi connectivity index (χ4n) is 1.69. The summed E-state index contributed by atoms with van der Waals surface area (Å²) in [5, 5.41) is 0. The predicted octanol–water partition coefficient (Wildman–Crippen LogP) is 5.38. The molecule has 0 aromatic heterocycles. The highest BCUT2D eigenvalue weighted by Gasteiger charge is 1.96. The number of hydrogen-bond acceptors (Lipinski definition) is 2. The van der Waals surface area contributed by atoms with E-state index in [0.29, 0.717) is 6.61 Å². The largest absolute Gasteiger partial charge is 0.462 e. The molecule has 0 unspecified atom stereocenters. The summed E-state index contributed by atoms with van der Waals surface area (Å²) in [6, 6.07) is 0. The molecule has 2 nitrogen and oxygen atoms in total. The Balaban J connectivity index is 4.04. The zero-order valence-corrected chi connectivity index (χ0v) is 15.3. The lowest BCUT2D eigenvalue weighted by molar-refractivity contribution is -0.139. The van der Waals surface area contributed by atoms with Gasteiger partial charge in [0.2, 0.25) is 0 Å². The molecule has 0 fully saturated rings. The molecule has 0 aromatic carbocycles. The molecule has 0 radical (unpaired) electrons. The van der Waals surface area contributed by atoms with Crippen molar-refractivity contribution in [1.82, 2.24) is 0 Å². The molecule has 0 amide bonds. The van der Waals surface area contributed by atoms with Crippen molar-refractivity contribution in [2.24, 2.45) is 0 Å². The SMILES string of the molecule is CC(=O)OC/C=C(\CI)CC/C=C(\C)CCC=C(C)C. The van der Waals surface area contributed by atoms with Gasteiger partial charge in [0.25, 0.3) is 0 Å². The Morgan fingerprint density at radius 2 is 1.65 bits per heavy atom. The van der Waals surface area contributed by atoms with Gasteiger partial charge in [-0.2, -0.15) is 0 Å². The molecule has 0 bridgehead atoms. The third-order valence-corrected chi connectivity index (χ3v) is 3.86. The van der Waals surface area contributed by atoms with Crippen LogP contribution in [0.5, 0.6) is 0 Å². The Bertz CT molecular complexity index is 374. The van der Waals surface area contributed by atoms with Gasteiger partial charge in [-0.25, -0.2) is 0 Å². The van der Waals surface area contributed by atoms with Crippen LogP contribution in [-0.2, 0) is 9.53 Å². The van der Waals surface area contributed by atoms with E-state index in [1.54, 1.807) is 0 Å². The van der Waals surface area contributed by atoms with Gasteiger partial charge in [-0.3, -0.25) is 4.79 Å². The lowest BCUT2D eigenvalue weighted by Gasteiger charge is -2.04. The highest BCUT2D eigenvalue weighted by atomic mass is 127. The van der Waals surface area contributed by atoms with Gasteiger partial charge in [0.15, 0.2) is 0 Å². The van der Waals surface area contributed by atoms with Crippen LogP contribution in [0.2, 0.25) is 0 Å². The fourth-order valence-corrected chi connectivity index (χ4v) is 2.39. The van der Waals surface area contributed by atoms with Crippen LogP contribution < -0.4 is 0 Å². The first-order valence-electron chi connectivity index (χ1n) is 7.12. The van der Waals surface area contributed by atoms with Crippen LogP contribution in [0.25, 0.3) is 0 Å². The third-order valence-electron chi connectivity index (χ3n) is 2.88. The van der Waals surface area contributed by atoms with Gasteiger partial charge in [-0.1, -0.05) is 51.5 Å². The van der Waals surface area contributed by atoms with Gasteiger partial charge >= 0.3 is 5.97 Å². The second-order valence-electron chi connectivity index (χ2n) is 5.21. The molecule has 0 spiro atoms. The van der Waals surface area contributed by atoms with Crippen LogP contribution in [0.4, 0.5) is 0 Å². The highest BCUT2D eigenvalue weighted by Crippen LogP contribution is 2.13. The smallest absolute Gasteiger partial charge is 0.302 e. The summed E-state index contributed by atoms with van der Waals surface area (Å²) in [4.78, 5) is 10.7. The van der Waals surface area contributed by atoms with Crippen molar-refractivity contribution in [3.8, 4) is 0 Å². The molecule has 0 aliphatic carbocycles. The number of carbonyl (C=O) groups is 1. The molecule has 0 saturated heterocycles. The molecule has 0 atom stereocenters.